The van der Waals surface area contributed by atoms with E-state index in [1.54, 1.807) is 6.07 Å². The van der Waals surface area contributed by atoms with Crippen LogP contribution in [0.4, 0.5) is 4.39 Å². The van der Waals surface area contributed by atoms with Crippen LogP contribution in [0.2, 0.25) is 0 Å². The molecule has 1 rings (SSSR count). The Morgan fingerprint density at radius 2 is 2.25 bits per heavy atom. The highest BCUT2D eigenvalue weighted by Gasteiger charge is 2.02. The molecule has 66 valence electrons. The van der Waals surface area contributed by atoms with Crippen molar-refractivity contribution < 1.29 is 4.39 Å². The van der Waals surface area contributed by atoms with Gasteiger partial charge in [0.1, 0.15) is 5.82 Å². The molecule has 0 saturated carbocycles. The van der Waals surface area contributed by atoms with Crippen LogP contribution in [0.1, 0.15) is 18.9 Å². The summed E-state index contributed by atoms with van der Waals surface area (Å²) in [7, 11) is 0. The highest BCUT2D eigenvalue weighted by atomic mass is 35.5. The van der Waals surface area contributed by atoms with Crippen molar-refractivity contribution >= 4 is 11.6 Å². The number of hydrogen-bond donors (Lipinski definition) is 0. The zero-order valence-electron chi connectivity index (χ0n) is 7.06. The normalized spacial score (nSPS) is 12.9. The third-order valence-corrected chi connectivity index (χ3v) is 2.25. The molecule has 0 nitrogen and oxygen atoms in total. The van der Waals surface area contributed by atoms with Crippen molar-refractivity contribution in [1.82, 2.24) is 0 Å². The fourth-order valence-corrected chi connectivity index (χ4v) is 1.24. The minimum atomic E-state index is -0.188. The maximum atomic E-state index is 12.7. The quantitative estimate of drug-likeness (QED) is 0.635. The first-order valence-electron chi connectivity index (χ1n) is 4.11. The van der Waals surface area contributed by atoms with Gasteiger partial charge >= 0.3 is 0 Å². The number of hydrogen-bond acceptors (Lipinski definition) is 0. The van der Waals surface area contributed by atoms with E-state index in [0.717, 1.165) is 18.4 Å². The molecule has 1 aromatic carbocycles. The molecule has 0 fully saturated rings. The molecule has 0 amide bonds. The number of halogens is 2. The van der Waals surface area contributed by atoms with Crippen molar-refractivity contribution in [2.24, 2.45) is 0 Å². The molecular weight excluding hydrogens is 175 g/mol. The van der Waals surface area contributed by atoms with E-state index < -0.39 is 0 Å². The van der Waals surface area contributed by atoms with Gasteiger partial charge in [0.25, 0.3) is 0 Å². The fourth-order valence-electron chi connectivity index (χ4n) is 1.06. The number of rotatable bonds is 3. The molecule has 0 saturated heterocycles. The average molecular weight is 187 g/mol. The molecule has 0 heterocycles. The first-order chi connectivity index (χ1) is 5.72. The van der Waals surface area contributed by atoms with Gasteiger partial charge in [0.2, 0.25) is 0 Å². The van der Waals surface area contributed by atoms with Crippen molar-refractivity contribution in [2.45, 2.75) is 25.1 Å². The summed E-state index contributed by atoms with van der Waals surface area (Å²) in [4.78, 5) is 0. The van der Waals surface area contributed by atoms with Gasteiger partial charge in [-0.05, 0) is 30.5 Å². The van der Waals surface area contributed by atoms with Gasteiger partial charge in [-0.3, -0.25) is 0 Å². The van der Waals surface area contributed by atoms with E-state index in [9.17, 15) is 4.39 Å². The van der Waals surface area contributed by atoms with Crippen LogP contribution in [-0.4, -0.2) is 5.38 Å². The van der Waals surface area contributed by atoms with Gasteiger partial charge in [0.15, 0.2) is 0 Å². The second-order valence-electron chi connectivity index (χ2n) is 2.84. The summed E-state index contributed by atoms with van der Waals surface area (Å²) in [6.07, 6.45) is 1.66. The van der Waals surface area contributed by atoms with Gasteiger partial charge in [-0.1, -0.05) is 19.1 Å². The summed E-state index contributed by atoms with van der Waals surface area (Å²) in [5, 5.41) is 0.117. The van der Waals surface area contributed by atoms with Crippen molar-refractivity contribution in [1.29, 1.82) is 0 Å². The van der Waals surface area contributed by atoms with Gasteiger partial charge in [0, 0.05) is 5.38 Å². The molecule has 0 aliphatic heterocycles. The number of benzene rings is 1. The maximum Gasteiger partial charge on any atom is 0.123 e. The molecule has 0 aliphatic rings. The SMILES string of the molecule is CCC(Cl)Cc1cccc(F)c1. The average Bonchev–Trinajstić information content (AvgIpc) is 2.04. The lowest BCUT2D eigenvalue weighted by molar-refractivity contribution is 0.624. The molecule has 0 N–H and O–H groups in total. The molecular formula is C10H12ClF. The molecule has 2 heteroatoms. The van der Waals surface area contributed by atoms with E-state index in [1.807, 2.05) is 13.0 Å². The third kappa shape index (κ3) is 2.82. The van der Waals surface area contributed by atoms with Gasteiger partial charge in [-0.15, -0.1) is 11.6 Å². The summed E-state index contributed by atoms with van der Waals surface area (Å²) in [6.45, 7) is 2.02. The highest BCUT2D eigenvalue weighted by molar-refractivity contribution is 6.20. The van der Waals surface area contributed by atoms with Gasteiger partial charge < -0.3 is 0 Å². The largest absolute Gasteiger partial charge is 0.207 e. The summed E-state index contributed by atoms with van der Waals surface area (Å²) in [6, 6.07) is 6.59. The third-order valence-electron chi connectivity index (χ3n) is 1.79. The lowest BCUT2D eigenvalue weighted by Gasteiger charge is -2.05. The minimum absolute atomic E-state index is 0.117. The monoisotopic (exact) mass is 186 g/mol. The molecule has 1 atom stereocenters. The molecule has 1 aromatic rings. The summed E-state index contributed by atoms with van der Waals surface area (Å²) in [5.41, 5.74) is 0.969. The Bertz CT molecular complexity index is 247. The zero-order valence-corrected chi connectivity index (χ0v) is 7.81. The molecule has 12 heavy (non-hydrogen) atoms. The first-order valence-corrected chi connectivity index (χ1v) is 4.54. The van der Waals surface area contributed by atoms with Gasteiger partial charge in [-0.2, -0.15) is 0 Å². The van der Waals surface area contributed by atoms with E-state index in [-0.39, 0.29) is 11.2 Å². The van der Waals surface area contributed by atoms with Gasteiger partial charge in [0.05, 0.1) is 0 Å². The Morgan fingerprint density at radius 3 is 2.83 bits per heavy atom. The lowest BCUT2D eigenvalue weighted by atomic mass is 10.1. The van der Waals surface area contributed by atoms with Crippen LogP contribution in [0.5, 0.6) is 0 Å². The van der Waals surface area contributed by atoms with E-state index in [2.05, 4.69) is 0 Å². The predicted octanol–water partition coefficient (Wildman–Crippen LogP) is 3.39. The van der Waals surface area contributed by atoms with Crippen molar-refractivity contribution in [3.8, 4) is 0 Å². The fraction of sp³-hybridized carbons (Fsp3) is 0.400. The summed E-state index contributed by atoms with van der Waals surface area (Å²) in [5.74, 6) is -0.188. The minimum Gasteiger partial charge on any atom is -0.207 e. The molecule has 0 spiro atoms. The van der Waals surface area contributed by atoms with Crippen LogP contribution in [0.3, 0.4) is 0 Å². The van der Waals surface area contributed by atoms with E-state index >= 15 is 0 Å². The zero-order chi connectivity index (χ0) is 8.97. The van der Waals surface area contributed by atoms with Crippen LogP contribution >= 0.6 is 11.6 Å². The molecule has 0 aliphatic carbocycles. The number of alkyl halides is 1. The van der Waals surface area contributed by atoms with E-state index in [1.165, 1.54) is 12.1 Å². The summed E-state index contributed by atoms with van der Waals surface area (Å²) < 4.78 is 12.7. The van der Waals surface area contributed by atoms with Crippen LogP contribution in [-0.2, 0) is 6.42 Å². The molecule has 1 unspecified atom stereocenters. The van der Waals surface area contributed by atoms with E-state index in [4.69, 9.17) is 11.6 Å². The van der Waals surface area contributed by atoms with Crippen LogP contribution < -0.4 is 0 Å². The molecule has 0 radical (unpaired) electrons. The van der Waals surface area contributed by atoms with Crippen molar-refractivity contribution in [3.63, 3.8) is 0 Å². The molecule has 0 bridgehead atoms. The maximum absolute atomic E-state index is 12.7. The second-order valence-corrected chi connectivity index (χ2v) is 3.46. The topological polar surface area (TPSA) is 0 Å². The smallest absolute Gasteiger partial charge is 0.123 e. The Morgan fingerprint density at radius 1 is 1.50 bits per heavy atom. The summed E-state index contributed by atoms with van der Waals surface area (Å²) >= 11 is 5.93. The Balaban J connectivity index is 2.63. The lowest BCUT2D eigenvalue weighted by Crippen LogP contribution is -2.01. The van der Waals surface area contributed by atoms with Crippen molar-refractivity contribution in [3.05, 3.63) is 35.6 Å². The second kappa shape index (κ2) is 4.46. The standard InChI is InChI=1S/C10H12ClF/c1-2-9(11)6-8-4-3-5-10(12)7-8/h3-5,7,9H,2,6H2,1H3. The first kappa shape index (κ1) is 9.53. The Kier molecular flexibility index (Phi) is 3.54. The van der Waals surface area contributed by atoms with Gasteiger partial charge in [-0.25, -0.2) is 4.39 Å². The van der Waals surface area contributed by atoms with Crippen LogP contribution in [0.25, 0.3) is 0 Å². The van der Waals surface area contributed by atoms with Crippen molar-refractivity contribution in [2.75, 3.05) is 0 Å². The Labute approximate surface area is 77.4 Å². The van der Waals surface area contributed by atoms with Crippen LogP contribution in [0, 0.1) is 5.82 Å². The predicted molar refractivity (Wildman–Crippen MR) is 50.0 cm³/mol. The molecule has 0 aromatic heterocycles. The van der Waals surface area contributed by atoms with Crippen LogP contribution in [0.15, 0.2) is 24.3 Å². The Hall–Kier alpha value is -0.560. The van der Waals surface area contributed by atoms with E-state index in [0.29, 0.717) is 0 Å². The highest BCUT2D eigenvalue weighted by Crippen LogP contribution is 2.11.